The normalized spacial score (nSPS) is 21.0. The zero-order chi connectivity index (χ0) is 16.2. The minimum atomic E-state index is -0.0806. The van der Waals surface area contributed by atoms with Gasteiger partial charge >= 0.3 is 6.03 Å². The average molecular weight is 337 g/mol. The minimum absolute atomic E-state index is 0.0235. The third kappa shape index (κ3) is 3.99. The molecule has 126 valence electrons. The highest BCUT2D eigenvalue weighted by atomic mass is 32.1. The Labute approximate surface area is 140 Å². The van der Waals surface area contributed by atoms with E-state index in [-0.39, 0.29) is 17.9 Å². The zero-order valence-corrected chi connectivity index (χ0v) is 14.3. The molecule has 2 aliphatic rings. The summed E-state index contributed by atoms with van der Waals surface area (Å²) in [5.74, 6) is 0.201. The number of amides is 3. The van der Waals surface area contributed by atoms with Crippen LogP contribution in [0.2, 0.25) is 0 Å². The van der Waals surface area contributed by atoms with E-state index in [9.17, 15) is 9.59 Å². The van der Waals surface area contributed by atoms with E-state index in [1.165, 1.54) is 0 Å². The van der Waals surface area contributed by atoms with Gasteiger partial charge in [0.15, 0.2) is 0 Å². The Bertz CT molecular complexity index is 570. The van der Waals surface area contributed by atoms with Crippen LogP contribution in [0.4, 0.5) is 4.79 Å². The molecule has 3 amide bonds. The molecule has 2 saturated heterocycles. The van der Waals surface area contributed by atoms with Crippen LogP contribution in [0, 0.1) is 12.8 Å². The lowest BCUT2D eigenvalue weighted by atomic mass is 10.1. The summed E-state index contributed by atoms with van der Waals surface area (Å²) >= 11 is 1.55. The summed E-state index contributed by atoms with van der Waals surface area (Å²) in [4.78, 5) is 28.3. The van der Waals surface area contributed by atoms with E-state index in [0.29, 0.717) is 26.1 Å². The number of likely N-dealkylation sites (tertiary alicyclic amines) is 2. The van der Waals surface area contributed by atoms with Crippen LogP contribution in [-0.4, -0.2) is 64.7 Å². The van der Waals surface area contributed by atoms with Gasteiger partial charge in [0.05, 0.1) is 5.92 Å². The molecule has 0 spiro atoms. The number of hydrogen-bond acceptors (Lipinski definition) is 5. The first-order valence-electron chi connectivity index (χ1n) is 8.24. The van der Waals surface area contributed by atoms with Crippen molar-refractivity contribution in [3.8, 4) is 0 Å². The Morgan fingerprint density at radius 1 is 1.22 bits per heavy atom. The van der Waals surface area contributed by atoms with Gasteiger partial charge in [-0.05, 0) is 26.2 Å². The van der Waals surface area contributed by atoms with Gasteiger partial charge in [-0.2, -0.15) is 0 Å². The molecule has 2 fully saturated rings. The Kier molecular flexibility index (Phi) is 5.09. The molecule has 1 atom stereocenters. The molecule has 0 bridgehead atoms. The van der Waals surface area contributed by atoms with E-state index < -0.39 is 0 Å². The highest BCUT2D eigenvalue weighted by molar-refractivity contribution is 7.11. The average Bonchev–Trinajstić information content (AvgIpc) is 3.28. The van der Waals surface area contributed by atoms with Crippen LogP contribution in [-0.2, 0) is 11.2 Å². The predicted octanol–water partition coefficient (Wildman–Crippen LogP) is 1.04. The maximum absolute atomic E-state index is 12.4. The number of nitrogens with one attached hydrogen (secondary N) is 1. The number of rotatable bonds is 4. The first-order chi connectivity index (χ1) is 11.1. The lowest BCUT2D eigenvalue weighted by Gasteiger charge is -2.20. The number of carbonyl (C=O) groups excluding carboxylic acids is 2. The van der Waals surface area contributed by atoms with Crippen LogP contribution in [0.25, 0.3) is 0 Å². The zero-order valence-electron chi connectivity index (χ0n) is 13.5. The molecule has 0 radical (unpaired) electrons. The Balaban J connectivity index is 1.41. The number of nitrogens with zero attached hydrogens (tertiary/aromatic N) is 4. The molecule has 0 aromatic carbocycles. The molecule has 3 heterocycles. The number of aryl methyl sites for hydroxylation is 1. The lowest BCUT2D eigenvalue weighted by Crippen LogP contribution is -2.41. The van der Waals surface area contributed by atoms with Crippen LogP contribution in [0.1, 0.15) is 29.3 Å². The Morgan fingerprint density at radius 3 is 2.70 bits per heavy atom. The van der Waals surface area contributed by atoms with Gasteiger partial charge < -0.3 is 15.1 Å². The molecule has 1 N–H and O–H groups in total. The molecule has 1 aromatic rings. The molecule has 0 aliphatic carbocycles. The maximum Gasteiger partial charge on any atom is 0.317 e. The van der Waals surface area contributed by atoms with Crippen molar-refractivity contribution in [1.29, 1.82) is 0 Å². The van der Waals surface area contributed by atoms with Crippen molar-refractivity contribution in [2.24, 2.45) is 5.92 Å². The van der Waals surface area contributed by atoms with Crippen LogP contribution in [0.5, 0.6) is 0 Å². The van der Waals surface area contributed by atoms with Gasteiger partial charge in [-0.25, -0.2) is 4.79 Å². The second-order valence-electron chi connectivity index (χ2n) is 6.16. The van der Waals surface area contributed by atoms with E-state index in [1.54, 1.807) is 16.2 Å². The van der Waals surface area contributed by atoms with E-state index in [4.69, 9.17) is 0 Å². The Morgan fingerprint density at radius 2 is 2.00 bits per heavy atom. The van der Waals surface area contributed by atoms with Gasteiger partial charge in [-0.15, -0.1) is 21.5 Å². The molecule has 1 aromatic heterocycles. The monoisotopic (exact) mass is 337 g/mol. The highest BCUT2D eigenvalue weighted by Crippen LogP contribution is 2.21. The SMILES string of the molecule is Cc1nnc(CCNC(=O)N2CCC(C(=O)N3CCCC3)C2)s1. The van der Waals surface area contributed by atoms with Crippen LogP contribution in [0.15, 0.2) is 0 Å². The van der Waals surface area contributed by atoms with Gasteiger partial charge in [-0.3, -0.25) is 4.79 Å². The number of carbonyl (C=O) groups is 2. The van der Waals surface area contributed by atoms with E-state index in [1.807, 2.05) is 11.8 Å². The van der Waals surface area contributed by atoms with Crippen molar-refractivity contribution in [1.82, 2.24) is 25.3 Å². The smallest absolute Gasteiger partial charge is 0.317 e. The molecule has 7 nitrogen and oxygen atoms in total. The van der Waals surface area contributed by atoms with Crippen molar-refractivity contribution in [3.05, 3.63) is 10.0 Å². The molecule has 0 saturated carbocycles. The van der Waals surface area contributed by atoms with Gasteiger partial charge in [-0.1, -0.05) is 0 Å². The third-order valence-corrected chi connectivity index (χ3v) is 5.32. The van der Waals surface area contributed by atoms with E-state index in [0.717, 1.165) is 42.4 Å². The van der Waals surface area contributed by atoms with Crippen molar-refractivity contribution in [2.75, 3.05) is 32.7 Å². The minimum Gasteiger partial charge on any atom is -0.342 e. The fourth-order valence-electron chi connectivity index (χ4n) is 3.17. The summed E-state index contributed by atoms with van der Waals surface area (Å²) in [5.41, 5.74) is 0. The molecule has 2 aliphatic heterocycles. The van der Waals surface area contributed by atoms with Gasteiger partial charge in [0.25, 0.3) is 0 Å². The van der Waals surface area contributed by atoms with Crippen LogP contribution in [0.3, 0.4) is 0 Å². The number of aromatic nitrogens is 2. The fourth-order valence-corrected chi connectivity index (χ4v) is 3.88. The first-order valence-corrected chi connectivity index (χ1v) is 9.05. The standard InChI is InChI=1S/C15H23N5O2S/c1-11-17-18-13(23-11)4-6-16-15(22)20-9-5-12(10-20)14(21)19-7-2-3-8-19/h12H,2-10H2,1H3,(H,16,22). The van der Waals surface area contributed by atoms with Crippen LogP contribution >= 0.6 is 11.3 Å². The summed E-state index contributed by atoms with van der Waals surface area (Å²) < 4.78 is 0. The predicted molar refractivity (Wildman–Crippen MR) is 87.2 cm³/mol. The van der Waals surface area contributed by atoms with Crippen LogP contribution < -0.4 is 5.32 Å². The lowest BCUT2D eigenvalue weighted by molar-refractivity contribution is -0.133. The maximum atomic E-state index is 12.4. The van der Waals surface area contributed by atoms with E-state index in [2.05, 4.69) is 15.5 Å². The molecule has 1 unspecified atom stereocenters. The highest BCUT2D eigenvalue weighted by Gasteiger charge is 2.34. The number of hydrogen-bond donors (Lipinski definition) is 1. The second kappa shape index (κ2) is 7.25. The molecule has 8 heteroatoms. The van der Waals surface area contributed by atoms with E-state index >= 15 is 0 Å². The second-order valence-corrected chi connectivity index (χ2v) is 7.43. The molecule has 3 rings (SSSR count). The summed E-state index contributed by atoms with van der Waals surface area (Å²) in [7, 11) is 0. The summed E-state index contributed by atoms with van der Waals surface area (Å²) in [6.45, 7) is 5.43. The van der Waals surface area contributed by atoms with Gasteiger partial charge in [0.2, 0.25) is 5.91 Å². The largest absolute Gasteiger partial charge is 0.342 e. The third-order valence-electron chi connectivity index (χ3n) is 4.43. The molecule has 23 heavy (non-hydrogen) atoms. The van der Waals surface area contributed by atoms with Gasteiger partial charge in [0, 0.05) is 39.1 Å². The van der Waals surface area contributed by atoms with Crippen molar-refractivity contribution in [3.63, 3.8) is 0 Å². The van der Waals surface area contributed by atoms with Crippen molar-refractivity contribution in [2.45, 2.75) is 32.6 Å². The molecular weight excluding hydrogens is 314 g/mol. The van der Waals surface area contributed by atoms with Crippen molar-refractivity contribution >= 4 is 23.3 Å². The summed E-state index contributed by atoms with van der Waals surface area (Å²) in [5, 5.41) is 12.8. The topological polar surface area (TPSA) is 78.4 Å². The first kappa shape index (κ1) is 16.2. The molecular formula is C15H23N5O2S. The number of urea groups is 1. The quantitative estimate of drug-likeness (QED) is 0.890. The summed E-state index contributed by atoms with van der Waals surface area (Å²) in [6.07, 6.45) is 3.68. The van der Waals surface area contributed by atoms with Crippen molar-refractivity contribution < 1.29 is 9.59 Å². The van der Waals surface area contributed by atoms with Gasteiger partial charge in [0.1, 0.15) is 10.0 Å². The Hall–Kier alpha value is -1.70. The fraction of sp³-hybridized carbons (Fsp3) is 0.733. The summed E-state index contributed by atoms with van der Waals surface area (Å²) in [6, 6.07) is -0.0806.